The number of aromatic nitrogens is 3. The van der Waals surface area contributed by atoms with Crippen LogP contribution in [-0.4, -0.2) is 25.6 Å². The van der Waals surface area contributed by atoms with E-state index < -0.39 is 5.97 Å². The summed E-state index contributed by atoms with van der Waals surface area (Å²) in [6.45, 7) is 4.93. The Balaban J connectivity index is 2.02. The molecule has 24 heavy (non-hydrogen) atoms. The summed E-state index contributed by atoms with van der Waals surface area (Å²) in [5.41, 5.74) is 5.48. The molecule has 0 saturated heterocycles. The van der Waals surface area contributed by atoms with Gasteiger partial charge in [-0.15, -0.1) is 0 Å². The molecule has 0 bridgehead atoms. The van der Waals surface area contributed by atoms with Crippen molar-refractivity contribution in [1.82, 2.24) is 14.5 Å². The van der Waals surface area contributed by atoms with Gasteiger partial charge in [0.15, 0.2) is 0 Å². The van der Waals surface area contributed by atoms with Crippen molar-refractivity contribution in [2.45, 2.75) is 39.7 Å². The molecular formula is C19H21N3O2. The number of fused-ring (bicyclic) bond motifs is 1. The smallest absolute Gasteiger partial charge is 0.303 e. The van der Waals surface area contributed by atoms with Gasteiger partial charge in [-0.2, -0.15) is 0 Å². The molecule has 5 nitrogen and oxygen atoms in total. The number of carbonyl (C=O) groups is 1. The van der Waals surface area contributed by atoms with Crippen LogP contribution in [0.25, 0.3) is 22.4 Å². The van der Waals surface area contributed by atoms with Gasteiger partial charge < -0.3 is 9.67 Å². The van der Waals surface area contributed by atoms with E-state index in [1.165, 1.54) is 11.1 Å². The molecule has 0 aliphatic heterocycles. The average Bonchev–Trinajstić information content (AvgIpc) is 2.90. The Bertz CT molecular complexity index is 869. The maximum Gasteiger partial charge on any atom is 0.303 e. The molecule has 1 N–H and O–H groups in total. The first kappa shape index (κ1) is 16.2. The van der Waals surface area contributed by atoms with Gasteiger partial charge in [-0.05, 0) is 62.1 Å². The molecule has 124 valence electrons. The molecule has 0 aliphatic rings. The molecule has 1 aromatic carbocycles. The van der Waals surface area contributed by atoms with Crippen LogP contribution in [0.4, 0.5) is 0 Å². The molecular weight excluding hydrogens is 302 g/mol. The number of unbranched alkanes of at least 4 members (excludes halogenated alkanes) is 1. The molecule has 2 heterocycles. The van der Waals surface area contributed by atoms with E-state index in [-0.39, 0.29) is 6.42 Å². The van der Waals surface area contributed by atoms with Crippen LogP contribution in [-0.2, 0) is 11.3 Å². The third kappa shape index (κ3) is 3.30. The van der Waals surface area contributed by atoms with Crippen molar-refractivity contribution in [2.24, 2.45) is 0 Å². The van der Waals surface area contributed by atoms with Gasteiger partial charge in [0.2, 0.25) is 0 Å². The summed E-state index contributed by atoms with van der Waals surface area (Å²) >= 11 is 0. The molecule has 0 radical (unpaired) electrons. The highest BCUT2D eigenvalue weighted by molar-refractivity contribution is 5.82. The summed E-state index contributed by atoms with van der Waals surface area (Å²) in [5.74, 6) is 0.142. The third-order valence-electron chi connectivity index (χ3n) is 4.31. The van der Waals surface area contributed by atoms with Crippen LogP contribution in [0.5, 0.6) is 0 Å². The minimum absolute atomic E-state index is 0.201. The van der Waals surface area contributed by atoms with Crippen molar-refractivity contribution in [3.05, 3.63) is 47.8 Å². The molecule has 0 fully saturated rings. The van der Waals surface area contributed by atoms with Crippen LogP contribution < -0.4 is 0 Å². The molecule has 5 heteroatoms. The summed E-state index contributed by atoms with van der Waals surface area (Å²) < 4.78 is 2.18. The largest absolute Gasteiger partial charge is 0.481 e. The first-order chi connectivity index (χ1) is 11.6. The van der Waals surface area contributed by atoms with E-state index >= 15 is 0 Å². The number of aliphatic carboxylic acids is 1. The summed E-state index contributed by atoms with van der Waals surface area (Å²) in [7, 11) is 0. The van der Waals surface area contributed by atoms with E-state index in [0.717, 1.165) is 35.4 Å². The van der Waals surface area contributed by atoms with E-state index in [1.807, 2.05) is 18.3 Å². The molecule has 0 amide bonds. The van der Waals surface area contributed by atoms with Gasteiger partial charge in [0.05, 0.1) is 11.0 Å². The standard InChI is InChI=1S/C19H21N3O2/c1-13-10-16-17(11-14(13)2)22(9-4-3-7-18(23)24)19(21-16)15-6-5-8-20-12-15/h5-6,8,10-12H,3-4,7,9H2,1-2H3,(H,23,24). The number of rotatable bonds is 6. The van der Waals surface area contributed by atoms with E-state index in [4.69, 9.17) is 10.1 Å². The topological polar surface area (TPSA) is 68.0 Å². The van der Waals surface area contributed by atoms with Gasteiger partial charge in [-0.3, -0.25) is 9.78 Å². The highest BCUT2D eigenvalue weighted by atomic mass is 16.4. The summed E-state index contributed by atoms with van der Waals surface area (Å²) in [4.78, 5) is 19.7. The Morgan fingerprint density at radius 3 is 2.71 bits per heavy atom. The Morgan fingerprint density at radius 1 is 1.21 bits per heavy atom. The Labute approximate surface area is 141 Å². The monoisotopic (exact) mass is 323 g/mol. The summed E-state index contributed by atoms with van der Waals surface area (Å²) in [6, 6.07) is 8.18. The minimum Gasteiger partial charge on any atom is -0.481 e. The second-order valence-electron chi connectivity index (χ2n) is 6.10. The number of hydrogen-bond acceptors (Lipinski definition) is 3. The summed E-state index contributed by atoms with van der Waals surface area (Å²) in [5, 5.41) is 8.81. The quantitative estimate of drug-likeness (QED) is 0.697. The third-order valence-corrected chi connectivity index (χ3v) is 4.31. The Hall–Kier alpha value is -2.69. The van der Waals surface area contributed by atoms with Gasteiger partial charge in [0.25, 0.3) is 0 Å². The van der Waals surface area contributed by atoms with Crippen LogP contribution in [0, 0.1) is 13.8 Å². The predicted octanol–water partition coefficient (Wildman–Crippen LogP) is 3.97. The SMILES string of the molecule is Cc1cc2nc(-c3cccnc3)n(CCCCC(=O)O)c2cc1C. The highest BCUT2D eigenvalue weighted by Gasteiger charge is 2.14. The van der Waals surface area contributed by atoms with Crippen LogP contribution in [0.2, 0.25) is 0 Å². The fourth-order valence-electron chi connectivity index (χ4n) is 2.87. The van der Waals surface area contributed by atoms with Crippen LogP contribution >= 0.6 is 0 Å². The van der Waals surface area contributed by atoms with Crippen molar-refractivity contribution in [1.29, 1.82) is 0 Å². The zero-order valence-corrected chi connectivity index (χ0v) is 14.0. The number of benzene rings is 1. The van der Waals surface area contributed by atoms with Crippen LogP contribution in [0.3, 0.4) is 0 Å². The molecule has 0 spiro atoms. The number of hydrogen-bond donors (Lipinski definition) is 1. The van der Waals surface area contributed by atoms with E-state index in [1.54, 1.807) is 6.20 Å². The first-order valence-electron chi connectivity index (χ1n) is 8.16. The number of aryl methyl sites for hydroxylation is 3. The van der Waals surface area contributed by atoms with Crippen LogP contribution in [0.15, 0.2) is 36.7 Å². The predicted molar refractivity (Wildman–Crippen MR) is 93.9 cm³/mol. The number of carboxylic acids is 1. The van der Waals surface area contributed by atoms with Crippen molar-refractivity contribution in [3.63, 3.8) is 0 Å². The van der Waals surface area contributed by atoms with E-state index in [2.05, 4.69) is 35.5 Å². The van der Waals surface area contributed by atoms with Gasteiger partial charge in [-0.25, -0.2) is 4.98 Å². The first-order valence-corrected chi connectivity index (χ1v) is 8.16. The fraction of sp³-hybridized carbons (Fsp3) is 0.316. The lowest BCUT2D eigenvalue weighted by molar-refractivity contribution is -0.137. The lowest BCUT2D eigenvalue weighted by atomic mass is 10.1. The average molecular weight is 323 g/mol. The number of nitrogens with zero attached hydrogens (tertiary/aromatic N) is 3. The maximum absolute atomic E-state index is 10.7. The molecule has 0 aliphatic carbocycles. The summed E-state index contributed by atoms with van der Waals surface area (Å²) in [6.07, 6.45) is 5.23. The minimum atomic E-state index is -0.746. The molecule has 0 saturated carbocycles. The van der Waals surface area contributed by atoms with Crippen molar-refractivity contribution < 1.29 is 9.90 Å². The normalized spacial score (nSPS) is 11.1. The van der Waals surface area contributed by atoms with Gasteiger partial charge in [-0.1, -0.05) is 0 Å². The zero-order chi connectivity index (χ0) is 17.1. The molecule has 0 unspecified atom stereocenters. The highest BCUT2D eigenvalue weighted by Crippen LogP contribution is 2.27. The second kappa shape index (κ2) is 6.83. The lowest BCUT2D eigenvalue weighted by Crippen LogP contribution is -2.03. The fourth-order valence-corrected chi connectivity index (χ4v) is 2.87. The lowest BCUT2D eigenvalue weighted by Gasteiger charge is -2.09. The van der Waals surface area contributed by atoms with Crippen molar-refractivity contribution in [2.75, 3.05) is 0 Å². The zero-order valence-electron chi connectivity index (χ0n) is 14.0. The molecule has 3 rings (SSSR count). The number of imidazole rings is 1. The van der Waals surface area contributed by atoms with E-state index in [9.17, 15) is 4.79 Å². The second-order valence-corrected chi connectivity index (χ2v) is 6.10. The maximum atomic E-state index is 10.7. The van der Waals surface area contributed by atoms with Crippen LogP contribution in [0.1, 0.15) is 30.4 Å². The molecule has 2 aromatic heterocycles. The van der Waals surface area contributed by atoms with Gasteiger partial charge >= 0.3 is 5.97 Å². The van der Waals surface area contributed by atoms with Gasteiger partial charge in [0.1, 0.15) is 5.82 Å². The molecule has 3 aromatic rings. The Morgan fingerprint density at radius 2 is 2.00 bits per heavy atom. The van der Waals surface area contributed by atoms with Crippen molar-refractivity contribution in [3.8, 4) is 11.4 Å². The number of pyridine rings is 1. The van der Waals surface area contributed by atoms with Gasteiger partial charge in [0, 0.05) is 30.9 Å². The van der Waals surface area contributed by atoms with E-state index in [0.29, 0.717) is 6.42 Å². The van der Waals surface area contributed by atoms with Crippen molar-refractivity contribution >= 4 is 17.0 Å². The Kier molecular flexibility index (Phi) is 4.60. The molecule has 0 atom stereocenters. The number of carboxylic acid groups (broad SMARTS) is 1.